The molecule has 0 aliphatic heterocycles. The second-order valence-corrected chi connectivity index (χ2v) is 7.09. The molecule has 1 rings (SSSR count). The maximum absolute atomic E-state index is 12.8. The van der Waals surface area contributed by atoms with Crippen molar-refractivity contribution in [2.24, 2.45) is 5.41 Å². The van der Waals surface area contributed by atoms with Gasteiger partial charge < -0.3 is 14.5 Å². The number of likely N-dealkylation sites (N-methyl/N-ethyl adjacent to an activating group) is 1. The maximum atomic E-state index is 12.8. The van der Waals surface area contributed by atoms with Crippen molar-refractivity contribution in [3.63, 3.8) is 0 Å². The number of ether oxygens (including phenoxy) is 1. The Kier molecular flexibility index (Phi) is 5.04. The highest BCUT2D eigenvalue weighted by Crippen LogP contribution is 2.44. The molecule has 0 aromatic carbocycles. The van der Waals surface area contributed by atoms with Crippen LogP contribution in [0.5, 0.6) is 0 Å². The van der Waals surface area contributed by atoms with Crippen molar-refractivity contribution in [3.8, 4) is 0 Å². The van der Waals surface area contributed by atoms with Gasteiger partial charge in [0, 0.05) is 14.1 Å². The molecule has 0 saturated heterocycles. The summed E-state index contributed by atoms with van der Waals surface area (Å²) in [6.07, 6.45) is -3.93. The Bertz CT molecular complexity index is 438. The molecule has 0 bridgehead atoms. The summed E-state index contributed by atoms with van der Waals surface area (Å²) in [5.41, 5.74) is -1.59. The number of hydrogen-bond acceptors (Lipinski definition) is 3. The van der Waals surface area contributed by atoms with Crippen molar-refractivity contribution < 1.29 is 22.7 Å². The fourth-order valence-corrected chi connectivity index (χ4v) is 2.09. The molecular weight excluding hydrogens is 299 g/mol. The number of halogens is 3. The molecule has 1 N–H and O–H groups in total. The van der Waals surface area contributed by atoms with Gasteiger partial charge in [0.25, 0.3) is 6.02 Å². The van der Waals surface area contributed by atoms with E-state index in [1.807, 2.05) is 20.8 Å². The van der Waals surface area contributed by atoms with E-state index in [0.717, 1.165) is 4.90 Å². The van der Waals surface area contributed by atoms with Gasteiger partial charge in [0.1, 0.15) is 12.1 Å². The van der Waals surface area contributed by atoms with Crippen LogP contribution in [-0.2, 0) is 9.53 Å². The van der Waals surface area contributed by atoms with Crippen molar-refractivity contribution in [1.29, 1.82) is 5.41 Å². The van der Waals surface area contributed by atoms with E-state index >= 15 is 0 Å². The monoisotopic (exact) mass is 323 g/mol. The molecular formula is C14H24F3N3O2. The second kappa shape index (κ2) is 5.96. The lowest BCUT2D eigenvalue weighted by molar-refractivity contribution is -0.154. The summed E-state index contributed by atoms with van der Waals surface area (Å²) in [4.78, 5) is 14.2. The van der Waals surface area contributed by atoms with Crippen LogP contribution in [-0.4, -0.2) is 60.7 Å². The van der Waals surface area contributed by atoms with Crippen molar-refractivity contribution in [2.45, 2.75) is 45.3 Å². The molecule has 128 valence electrons. The number of rotatable bonds is 4. The lowest BCUT2D eigenvalue weighted by Gasteiger charge is -2.35. The minimum Gasteiger partial charge on any atom is -0.465 e. The Morgan fingerprint density at radius 1 is 1.23 bits per heavy atom. The summed E-state index contributed by atoms with van der Waals surface area (Å²) in [5.74, 6) is -0.430. The smallest absolute Gasteiger partial charge is 0.406 e. The van der Waals surface area contributed by atoms with Gasteiger partial charge in [0.15, 0.2) is 0 Å². The highest BCUT2D eigenvalue weighted by molar-refractivity contribution is 5.93. The first kappa shape index (κ1) is 18.6. The fourth-order valence-electron chi connectivity index (χ4n) is 2.09. The van der Waals surface area contributed by atoms with Gasteiger partial charge in [-0.05, 0) is 18.3 Å². The maximum Gasteiger partial charge on any atom is 0.406 e. The first-order valence-corrected chi connectivity index (χ1v) is 7.06. The number of hydrogen-bond donors (Lipinski definition) is 1. The number of carbonyl (C=O) groups is 1. The SMILES string of the molecule is CN(C)C(=O)C1(N(CC(F)(F)F)C(=N)OCC(C)(C)C)CC1. The molecule has 0 aromatic heterocycles. The van der Waals surface area contributed by atoms with Gasteiger partial charge in [-0.2, -0.15) is 13.2 Å². The van der Waals surface area contributed by atoms with Crippen LogP contribution in [0.2, 0.25) is 0 Å². The van der Waals surface area contributed by atoms with E-state index in [-0.39, 0.29) is 12.0 Å². The van der Waals surface area contributed by atoms with Crippen molar-refractivity contribution in [2.75, 3.05) is 27.2 Å². The molecule has 1 saturated carbocycles. The van der Waals surface area contributed by atoms with Crippen LogP contribution in [0.3, 0.4) is 0 Å². The minimum absolute atomic E-state index is 0.104. The predicted molar refractivity (Wildman–Crippen MR) is 76.6 cm³/mol. The van der Waals surface area contributed by atoms with E-state index in [9.17, 15) is 18.0 Å². The molecule has 1 aliphatic rings. The van der Waals surface area contributed by atoms with E-state index in [2.05, 4.69) is 0 Å². The number of nitrogens with zero attached hydrogens (tertiary/aromatic N) is 2. The van der Waals surface area contributed by atoms with Crippen LogP contribution in [0.15, 0.2) is 0 Å². The molecule has 1 fully saturated rings. The van der Waals surface area contributed by atoms with Gasteiger partial charge in [-0.15, -0.1) is 0 Å². The zero-order valence-electron chi connectivity index (χ0n) is 13.7. The Morgan fingerprint density at radius 2 is 1.73 bits per heavy atom. The van der Waals surface area contributed by atoms with Gasteiger partial charge in [-0.25, -0.2) is 0 Å². The second-order valence-electron chi connectivity index (χ2n) is 7.09. The van der Waals surface area contributed by atoms with Crippen molar-refractivity contribution in [1.82, 2.24) is 9.80 Å². The number of carbonyl (C=O) groups excluding carboxylic acids is 1. The standard InChI is InChI=1S/C14H24F3N3O2/c1-12(2,3)9-22-11(18)20(8-14(15,16)17)13(6-7-13)10(21)19(4)5/h18H,6-9H2,1-5H3. The Labute approximate surface area is 128 Å². The van der Waals surface area contributed by atoms with E-state index in [0.29, 0.717) is 12.8 Å². The Morgan fingerprint density at radius 3 is 2.05 bits per heavy atom. The van der Waals surface area contributed by atoms with E-state index in [1.165, 1.54) is 19.0 Å². The molecule has 8 heteroatoms. The third-order valence-corrected chi connectivity index (χ3v) is 3.27. The van der Waals surface area contributed by atoms with Crippen LogP contribution >= 0.6 is 0 Å². The average molecular weight is 323 g/mol. The molecule has 0 aromatic rings. The van der Waals surface area contributed by atoms with Gasteiger partial charge in [0.05, 0.1) is 6.61 Å². The molecule has 0 radical (unpaired) electrons. The normalized spacial score (nSPS) is 16.9. The first-order valence-electron chi connectivity index (χ1n) is 7.06. The summed E-state index contributed by atoms with van der Waals surface area (Å²) in [5, 5.41) is 7.87. The van der Waals surface area contributed by atoms with Crippen molar-refractivity contribution in [3.05, 3.63) is 0 Å². The Hall–Kier alpha value is -1.47. The van der Waals surface area contributed by atoms with Gasteiger partial charge in [-0.1, -0.05) is 20.8 Å². The molecule has 0 heterocycles. The summed E-state index contributed by atoms with van der Waals surface area (Å²) < 4.78 is 43.7. The van der Waals surface area contributed by atoms with Crippen molar-refractivity contribution >= 4 is 11.9 Å². The quantitative estimate of drug-likeness (QED) is 0.639. The zero-order chi connectivity index (χ0) is 17.3. The van der Waals surface area contributed by atoms with Crippen LogP contribution in [0.25, 0.3) is 0 Å². The molecule has 0 atom stereocenters. The molecule has 5 nitrogen and oxygen atoms in total. The largest absolute Gasteiger partial charge is 0.465 e. The number of alkyl halides is 3. The Balaban J connectivity index is 2.95. The fraction of sp³-hybridized carbons (Fsp3) is 0.857. The molecule has 22 heavy (non-hydrogen) atoms. The van der Waals surface area contributed by atoms with E-state index < -0.39 is 30.2 Å². The predicted octanol–water partition coefficient (Wildman–Crippen LogP) is 2.47. The molecule has 1 amide bonds. The van der Waals surface area contributed by atoms with E-state index in [4.69, 9.17) is 10.1 Å². The van der Waals surface area contributed by atoms with E-state index in [1.54, 1.807) is 0 Å². The van der Waals surface area contributed by atoms with Gasteiger partial charge in [-0.3, -0.25) is 10.2 Å². The third-order valence-electron chi connectivity index (χ3n) is 3.27. The number of amidine groups is 1. The van der Waals surface area contributed by atoms with Gasteiger partial charge in [0.2, 0.25) is 5.91 Å². The van der Waals surface area contributed by atoms with Gasteiger partial charge >= 0.3 is 6.18 Å². The first-order chi connectivity index (χ1) is 9.78. The highest BCUT2D eigenvalue weighted by atomic mass is 19.4. The van der Waals surface area contributed by atoms with Crippen LogP contribution < -0.4 is 0 Å². The van der Waals surface area contributed by atoms with Crippen LogP contribution in [0.4, 0.5) is 13.2 Å². The number of amides is 1. The lowest BCUT2D eigenvalue weighted by atomic mass is 9.99. The summed E-state index contributed by atoms with van der Waals surface area (Å²) in [6.45, 7) is 4.30. The minimum atomic E-state index is -4.51. The van der Waals surface area contributed by atoms with Crippen LogP contribution in [0, 0.1) is 10.8 Å². The zero-order valence-corrected chi connectivity index (χ0v) is 13.7. The lowest BCUT2D eigenvalue weighted by Crippen LogP contribution is -2.55. The van der Waals surface area contributed by atoms with Crippen LogP contribution in [0.1, 0.15) is 33.6 Å². The summed E-state index contributed by atoms with van der Waals surface area (Å²) >= 11 is 0. The molecule has 1 aliphatic carbocycles. The molecule has 0 spiro atoms. The number of nitrogens with one attached hydrogen (secondary N) is 1. The molecule has 0 unspecified atom stereocenters. The topological polar surface area (TPSA) is 56.6 Å². The summed E-state index contributed by atoms with van der Waals surface area (Å²) in [6, 6.07) is -0.597. The average Bonchev–Trinajstić information content (AvgIpc) is 3.11. The summed E-state index contributed by atoms with van der Waals surface area (Å²) in [7, 11) is 2.99. The highest BCUT2D eigenvalue weighted by Gasteiger charge is 2.59. The third kappa shape index (κ3) is 4.78.